The Morgan fingerprint density at radius 2 is 2.24 bits per heavy atom. The molecule has 1 aromatic heterocycles. The quantitative estimate of drug-likeness (QED) is 0.650. The number of pyridine rings is 1. The topological polar surface area (TPSA) is 83.4 Å². The molecular formula is C11H17N3O3. The number of hydrogen-bond acceptors (Lipinski definition) is 4. The molecule has 0 aliphatic carbocycles. The van der Waals surface area contributed by atoms with Crippen LogP contribution in [0.5, 0.6) is 5.75 Å². The standard InChI is InChI=1S/C11H17N3O3/c1-7(11(17)12-2)13-5-8-4-9(15)10(16)6-14(8)3/h4,6-7,13,16H,5H2,1-3H3,(H,12,17)/t7-/m0/s1. The van der Waals surface area contributed by atoms with Crippen LogP contribution in [-0.4, -0.2) is 28.7 Å². The number of carbonyl (C=O) groups is 1. The maximum atomic E-state index is 11.3. The van der Waals surface area contributed by atoms with Crippen molar-refractivity contribution in [2.45, 2.75) is 19.5 Å². The molecule has 1 aromatic rings. The summed E-state index contributed by atoms with van der Waals surface area (Å²) in [6.07, 6.45) is 1.35. The summed E-state index contributed by atoms with van der Waals surface area (Å²) >= 11 is 0. The molecule has 0 fully saturated rings. The van der Waals surface area contributed by atoms with E-state index in [1.807, 2.05) is 0 Å². The van der Waals surface area contributed by atoms with Crippen LogP contribution in [0.2, 0.25) is 0 Å². The van der Waals surface area contributed by atoms with E-state index in [1.165, 1.54) is 12.3 Å². The van der Waals surface area contributed by atoms with E-state index in [4.69, 9.17) is 0 Å². The number of nitrogens with zero attached hydrogens (tertiary/aromatic N) is 1. The van der Waals surface area contributed by atoms with Crippen LogP contribution in [0.3, 0.4) is 0 Å². The fourth-order valence-electron chi connectivity index (χ4n) is 1.40. The van der Waals surface area contributed by atoms with Crippen molar-refractivity contribution < 1.29 is 9.90 Å². The molecule has 1 amide bonds. The number of likely N-dealkylation sites (N-methyl/N-ethyl adjacent to an activating group) is 1. The van der Waals surface area contributed by atoms with E-state index in [0.717, 1.165) is 0 Å². The van der Waals surface area contributed by atoms with Crippen molar-refractivity contribution >= 4 is 5.91 Å². The Hall–Kier alpha value is -1.82. The first-order valence-electron chi connectivity index (χ1n) is 5.29. The van der Waals surface area contributed by atoms with E-state index in [9.17, 15) is 14.7 Å². The van der Waals surface area contributed by atoms with Crippen molar-refractivity contribution in [3.63, 3.8) is 0 Å². The van der Waals surface area contributed by atoms with E-state index in [2.05, 4.69) is 10.6 Å². The van der Waals surface area contributed by atoms with Crippen molar-refractivity contribution in [3.8, 4) is 5.75 Å². The van der Waals surface area contributed by atoms with Crippen LogP contribution in [-0.2, 0) is 18.4 Å². The molecule has 0 unspecified atom stereocenters. The van der Waals surface area contributed by atoms with Crippen LogP contribution in [0.4, 0.5) is 0 Å². The van der Waals surface area contributed by atoms with Crippen molar-refractivity contribution in [3.05, 3.63) is 28.2 Å². The highest BCUT2D eigenvalue weighted by Gasteiger charge is 2.10. The molecule has 0 aliphatic rings. The summed E-state index contributed by atoms with van der Waals surface area (Å²) in [5.74, 6) is -0.399. The summed E-state index contributed by atoms with van der Waals surface area (Å²) < 4.78 is 1.64. The number of nitrogens with one attached hydrogen (secondary N) is 2. The van der Waals surface area contributed by atoms with Crippen molar-refractivity contribution in [2.24, 2.45) is 7.05 Å². The first kappa shape index (κ1) is 13.2. The normalized spacial score (nSPS) is 12.2. The predicted octanol–water partition coefficient (Wildman–Crippen LogP) is -0.685. The van der Waals surface area contributed by atoms with Gasteiger partial charge in [-0.2, -0.15) is 0 Å². The van der Waals surface area contributed by atoms with Crippen molar-refractivity contribution in [1.29, 1.82) is 0 Å². The summed E-state index contributed by atoms with van der Waals surface area (Å²) in [4.78, 5) is 22.5. The van der Waals surface area contributed by atoms with Gasteiger partial charge in [-0.15, -0.1) is 0 Å². The average Bonchev–Trinajstić information content (AvgIpc) is 2.30. The molecule has 0 aromatic carbocycles. The zero-order valence-electron chi connectivity index (χ0n) is 10.2. The predicted molar refractivity (Wildman–Crippen MR) is 63.7 cm³/mol. The first-order chi connectivity index (χ1) is 7.95. The van der Waals surface area contributed by atoms with E-state index < -0.39 is 5.43 Å². The molecule has 1 heterocycles. The third-order valence-corrected chi connectivity index (χ3v) is 2.55. The fraction of sp³-hybridized carbons (Fsp3) is 0.455. The molecule has 3 N–H and O–H groups in total. The van der Waals surface area contributed by atoms with Crippen LogP contribution in [0.1, 0.15) is 12.6 Å². The summed E-state index contributed by atoms with van der Waals surface area (Å²) in [5.41, 5.74) is 0.274. The van der Waals surface area contributed by atoms with E-state index >= 15 is 0 Å². The zero-order valence-corrected chi connectivity index (χ0v) is 10.2. The Morgan fingerprint density at radius 3 is 2.82 bits per heavy atom. The minimum atomic E-state index is -0.424. The van der Waals surface area contributed by atoms with E-state index in [-0.39, 0.29) is 17.7 Å². The third kappa shape index (κ3) is 3.32. The summed E-state index contributed by atoms with van der Waals surface area (Å²) in [7, 11) is 3.29. The molecule has 0 radical (unpaired) electrons. The molecule has 0 bridgehead atoms. The van der Waals surface area contributed by atoms with Gasteiger partial charge in [0.2, 0.25) is 11.3 Å². The molecular weight excluding hydrogens is 222 g/mol. The van der Waals surface area contributed by atoms with E-state index in [1.54, 1.807) is 25.6 Å². The minimum Gasteiger partial charge on any atom is -0.503 e. The molecule has 0 spiro atoms. The van der Waals surface area contributed by atoms with Gasteiger partial charge in [-0.25, -0.2) is 0 Å². The molecule has 1 rings (SSSR count). The van der Waals surface area contributed by atoms with Gasteiger partial charge >= 0.3 is 0 Å². The molecule has 6 nitrogen and oxygen atoms in total. The van der Waals surface area contributed by atoms with Crippen molar-refractivity contribution in [2.75, 3.05) is 7.05 Å². The van der Waals surface area contributed by atoms with Gasteiger partial charge in [-0.05, 0) is 6.92 Å². The number of hydrogen-bond donors (Lipinski definition) is 3. The average molecular weight is 239 g/mol. The lowest BCUT2D eigenvalue weighted by atomic mass is 10.2. The monoisotopic (exact) mass is 239 g/mol. The number of amides is 1. The van der Waals surface area contributed by atoms with Crippen LogP contribution in [0, 0.1) is 0 Å². The number of carbonyl (C=O) groups excluding carboxylic acids is 1. The Morgan fingerprint density at radius 1 is 1.59 bits per heavy atom. The van der Waals surface area contributed by atoms with E-state index in [0.29, 0.717) is 12.2 Å². The SMILES string of the molecule is CNC(=O)[C@H](C)NCc1cc(=O)c(O)cn1C. The maximum Gasteiger partial charge on any atom is 0.236 e. The Kier molecular flexibility index (Phi) is 4.28. The van der Waals surface area contributed by atoms with Crippen molar-refractivity contribution in [1.82, 2.24) is 15.2 Å². The van der Waals surface area contributed by atoms with Gasteiger partial charge in [-0.3, -0.25) is 9.59 Å². The molecule has 0 aliphatic heterocycles. The second kappa shape index (κ2) is 5.49. The number of aromatic nitrogens is 1. The van der Waals surface area contributed by atoms with Crippen LogP contribution >= 0.6 is 0 Å². The van der Waals surface area contributed by atoms with Gasteiger partial charge in [0.15, 0.2) is 5.75 Å². The fourth-order valence-corrected chi connectivity index (χ4v) is 1.40. The van der Waals surface area contributed by atoms with Gasteiger partial charge in [-0.1, -0.05) is 0 Å². The molecule has 94 valence electrons. The molecule has 0 saturated heterocycles. The summed E-state index contributed by atoms with van der Waals surface area (Å²) in [5, 5.41) is 14.7. The maximum absolute atomic E-state index is 11.3. The van der Waals surface area contributed by atoms with Gasteiger partial charge in [0.25, 0.3) is 0 Å². The van der Waals surface area contributed by atoms with Gasteiger partial charge < -0.3 is 20.3 Å². The number of rotatable bonds is 4. The lowest BCUT2D eigenvalue weighted by Gasteiger charge is -2.14. The largest absolute Gasteiger partial charge is 0.503 e. The zero-order chi connectivity index (χ0) is 13.0. The number of aromatic hydroxyl groups is 1. The highest BCUT2D eigenvalue weighted by atomic mass is 16.3. The highest BCUT2D eigenvalue weighted by Crippen LogP contribution is 2.02. The van der Waals surface area contributed by atoms with Gasteiger partial charge in [0.05, 0.1) is 6.04 Å². The molecule has 6 heteroatoms. The van der Waals surface area contributed by atoms with Crippen LogP contribution in [0.15, 0.2) is 17.1 Å². The van der Waals surface area contributed by atoms with Crippen LogP contribution in [0.25, 0.3) is 0 Å². The number of aryl methyl sites for hydroxylation is 1. The first-order valence-corrected chi connectivity index (χ1v) is 5.29. The second-order valence-electron chi connectivity index (χ2n) is 3.84. The smallest absolute Gasteiger partial charge is 0.236 e. The third-order valence-electron chi connectivity index (χ3n) is 2.55. The molecule has 0 saturated carbocycles. The Labute approximate surface area is 99.3 Å². The molecule has 1 atom stereocenters. The Balaban J connectivity index is 2.73. The lowest BCUT2D eigenvalue weighted by Crippen LogP contribution is -2.40. The van der Waals surface area contributed by atoms with Gasteiger partial charge in [0, 0.05) is 38.6 Å². The minimum absolute atomic E-state index is 0.117. The van der Waals surface area contributed by atoms with Gasteiger partial charge in [0.1, 0.15) is 0 Å². The summed E-state index contributed by atoms with van der Waals surface area (Å²) in [6, 6.07) is 1.00. The molecule has 17 heavy (non-hydrogen) atoms. The Bertz CT molecular complexity index is 468. The highest BCUT2D eigenvalue weighted by molar-refractivity contribution is 5.80. The lowest BCUT2D eigenvalue weighted by molar-refractivity contribution is -0.122. The van der Waals surface area contributed by atoms with Crippen LogP contribution < -0.4 is 16.1 Å². The second-order valence-corrected chi connectivity index (χ2v) is 3.84. The summed E-state index contributed by atoms with van der Waals surface area (Å²) in [6.45, 7) is 2.11.